The van der Waals surface area contributed by atoms with Crippen LogP contribution in [0.25, 0.3) is 10.4 Å². The number of rotatable bonds is 4. The second kappa shape index (κ2) is 5.36. The van der Waals surface area contributed by atoms with Gasteiger partial charge in [-0.1, -0.05) is 12.0 Å². The van der Waals surface area contributed by atoms with Crippen molar-refractivity contribution < 1.29 is 9.59 Å². The Balaban J connectivity index is 2.42. The molecule has 0 radical (unpaired) electrons. The molecule has 0 bridgehead atoms. The number of piperidine rings is 1. The van der Waals surface area contributed by atoms with Crippen LogP contribution in [-0.4, -0.2) is 29.8 Å². The van der Waals surface area contributed by atoms with Gasteiger partial charge in [-0.25, -0.2) is 0 Å². The largest absolute Gasteiger partial charge is 0.283 e. The second-order valence-corrected chi connectivity index (χ2v) is 3.76. The van der Waals surface area contributed by atoms with E-state index >= 15 is 0 Å². The number of hydrogen-bond donors (Lipinski definition) is 0. The smallest absolute Gasteiger partial charge is 0.229 e. The van der Waals surface area contributed by atoms with Crippen molar-refractivity contribution in [2.24, 2.45) is 11.0 Å². The van der Waals surface area contributed by atoms with Crippen LogP contribution in [0.15, 0.2) is 5.11 Å². The van der Waals surface area contributed by atoms with Crippen molar-refractivity contribution in [1.29, 1.82) is 0 Å². The van der Waals surface area contributed by atoms with Crippen LogP contribution in [-0.2, 0) is 9.59 Å². The van der Waals surface area contributed by atoms with Gasteiger partial charge < -0.3 is 0 Å². The van der Waals surface area contributed by atoms with Crippen LogP contribution >= 0.6 is 0 Å². The molecule has 15 heavy (non-hydrogen) atoms. The molecular formula is C9H14N4O2. The number of likely N-dealkylation sites (tertiary alicyclic amines) is 1. The maximum absolute atomic E-state index is 11.5. The van der Waals surface area contributed by atoms with Gasteiger partial charge in [-0.3, -0.25) is 14.5 Å². The molecule has 0 atom stereocenters. The van der Waals surface area contributed by atoms with Gasteiger partial charge >= 0.3 is 0 Å². The van der Waals surface area contributed by atoms with Gasteiger partial charge in [0.15, 0.2) is 0 Å². The Morgan fingerprint density at radius 2 is 2.07 bits per heavy atom. The molecule has 0 unspecified atom stereocenters. The van der Waals surface area contributed by atoms with Crippen LogP contribution in [0.4, 0.5) is 0 Å². The van der Waals surface area contributed by atoms with Crippen molar-refractivity contribution in [3.8, 4) is 0 Å². The molecule has 1 saturated heterocycles. The van der Waals surface area contributed by atoms with Crippen molar-refractivity contribution in [1.82, 2.24) is 4.90 Å². The Kier molecular flexibility index (Phi) is 4.12. The molecule has 1 rings (SSSR count). The van der Waals surface area contributed by atoms with Crippen molar-refractivity contribution >= 4 is 11.8 Å². The van der Waals surface area contributed by atoms with Crippen molar-refractivity contribution in [2.45, 2.75) is 26.2 Å². The third-order valence-corrected chi connectivity index (χ3v) is 2.35. The summed E-state index contributed by atoms with van der Waals surface area (Å²) in [4.78, 5) is 26.8. The van der Waals surface area contributed by atoms with Crippen LogP contribution in [0.5, 0.6) is 0 Å². The molecule has 0 aromatic heterocycles. The highest BCUT2D eigenvalue weighted by atomic mass is 16.2. The number of azide groups is 1. The molecule has 6 heteroatoms. The lowest BCUT2D eigenvalue weighted by molar-refractivity contribution is -0.149. The summed E-state index contributed by atoms with van der Waals surface area (Å²) in [5.74, 6) is -0.0715. The Bertz CT molecular complexity index is 291. The normalized spacial score (nSPS) is 17.8. The van der Waals surface area contributed by atoms with Gasteiger partial charge in [-0.05, 0) is 17.9 Å². The van der Waals surface area contributed by atoms with E-state index in [1.807, 2.05) is 6.92 Å². The first kappa shape index (κ1) is 11.5. The minimum absolute atomic E-state index is 0.111. The fourth-order valence-corrected chi connectivity index (χ4v) is 1.62. The summed E-state index contributed by atoms with van der Waals surface area (Å²) < 4.78 is 0. The summed E-state index contributed by atoms with van der Waals surface area (Å²) in [6, 6.07) is 0. The molecule has 82 valence electrons. The van der Waals surface area contributed by atoms with E-state index < -0.39 is 0 Å². The first-order valence-corrected chi connectivity index (χ1v) is 4.99. The van der Waals surface area contributed by atoms with E-state index in [1.165, 1.54) is 4.90 Å². The minimum Gasteiger partial charge on any atom is -0.283 e. The molecule has 6 nitrogen and oxygen atoms in total. The van der Waals surface area contributed by atoms with Crippen molar-refractivity contribution in [3.63, 3.8) is 0 Å². The number of carbonyl (C=O) groups is 2. The Morgan fingerprint density at radius 1 is 1.47 bits per heavy atom. The van der Waals surface area contributed by atoms with E-state index in [2.05, 4.69) is 10.0 Å². The lowest BCUT2D eigenvalue weighted by Gasteiger charge is -2.28. The zero-order valence-electron chi connectivity index (χ0n) is 8.72. The highest BCUT2D eigenvalue weighted by Gasteiger charge is 2.29. The van der Waals surface area contributed by atoms with E-state index in [0.717, 1.165) is 0 Å². The predicted molar refractivity (Wildman–Crippen MR) is 53.7 cm³/mol. The van der Waals surface area contributed by atoms with Crippen molar-refractivity contribution in [2.75, 3.05) is 13.1 Å². The Labute approximate surface area is 87.9 Å². The van der Waals surface area contributed by atoms with Gasteiger partial charge in [0.1, 0.15) is 0 Å². The first-order chi connectivity index (χ1) is 7.15. The number of carbonyl (C=O) groups excluding carboxylic acids is 2. The van der Waals surface area contributed by atoms with E-state index in [0.29, 0.717) is 32.4 Å². The number of amides is 2. The third-order valence-electron chi connectivity index (χ3n) is 2.35. The highest BCUT2D eigenvalue weighted by Crippen LogP contribution is 2.18. The fourth-order valence-electron chi connectivity index (χ4n) is 1.62. The maximum Gasteiger partial charge on any atom is 0.229 e. The third kappa shape index (κ3) is 3.25. The van der Waals surface area contributed by atoms with Gasteiger partial charge in [-0.2, -0.15) is 0 Å². The highest BCUT2D eigenvalue weighted by molar-refractivity contribution is 5.97. The lowest BCUT2D eigenvalue weighted by atomic mass is 9.98. The predicted octanol–water partition coefficient (Wildman–Crippen LogP) is 1.47. The summed E-state index contributed by atoms with van der Waals surface area (Å²) >= 11 is 0. The first-order valence-electron chi connectivity index (χ1n) is 4.99. The lowest BCUT2D eigenvalue weighted by Crippen LogP contribution is -2.43. The van der Waals surface area contributed by atoms with Crippen molar-refractivity contribution in [3.05, 3.63) is 10.4 Å². The summed E-state index contributed by atoms with van der Waals surface area (Å²) in [6.45, 7) is 2.58. The summed E-state index contributed by atoms with van der Waals surface area (Å²) in [6.07, 6.45) is 1.41. The van der Waals surface area contributed by atoms with E-state index in [-0.39, 0.29) is 17.7 Å². The van der Waals surface area contributed by atoms with Gasteiger partial charge in [0.05, 0.1) is 0 Å². The van der Waals surface area contributed by atoms with E-state index in [4.69, 9.17) is 5.53 Å². The SMILES string of the molecule is CC1CC(=O)N(CCCN=[N+]=[N-])C(=O)C1. The molecule has 1 heterocycles. The fraction of sp³-hybridized carbons (Fsp3) is 0.778. The zero-order chi connectivity index (χ0) is 11.3. The Hall–Kier alpha value is -1.55. The quantitative estimate of drug-likeness (QED) is 0.231. The average Bonchev–Trinajstić information content (AvgIpc) is 2.15. The molecule has 1 fully saturated rings. The van der Waals surface area contributed by atoms with Gasteiger partial charge in [0, 0.05) is 30.8 Å². The van der Waals surface area contributed by atoms with Crippen LogP contribution in [0.2, 0.25) is 0 Å². The molecule has 1 aliphatic heterocycles. The number of nitrogens with zero attached hydrogens (tertiary/aromatic N) is 4. The summed E-state index contributed by atoms with van der Waals surface area (Å²) in [7, 11) is 0. The topological polar surface area (TPSA) is 86.1 Å². The number of imide groups is 1. The number of hydrogen-bond acceptors (Lipinski definition) is 3. The van der Waals surface area contributed by atoms with Crippen LogP contribution in [0.1, 0.15) is 26.2 Å². The van der Waals surface area contributed by atoms with Gasteiger partial charge in [0.25, 0.3) is 0 Å². The van der Waals surface area contributed by atoms with E-state index in [9.17, 15) is 9.59 Å². The molecule has 0 aromatic carbocycles. The standard InChI is InChI=1S/C9H14N4O2/c1-7-5-8(14)13(9(15)6-7)4-2-3-11-12-10/h7H,2-6H2,1H3. The molecule has 0 saturated carbocycles. The average molecular weight is 210 g/mol. The van der Waals surface area contributed by atoms with E-state index in [1.54, 1.807) is 0 Å². The minimum atomic E-state index is -0.111. The maximum atomic E-state index is 11.5. The van der Waals surface area contributed by atoms with Gasteiger partial charge in [0.2, 0.25) is 11.8 Å². The monoisotopic (exact) mass is 210 g/mol. The van der Waals surface area contributed by atoms with Crippen LogP contribution in [0, 0.1) is 5.92 Å². The molecule has 0 aliphatic carbocycles. The van der Waals surface area contributed by atoms with Gasteiger partial charge in [-0.15, -0.1) is 0 Å². The summed E-state index contributed by atoms with van der Waals surface area (Å²) in [5.41, 5.74) is 8.05. The zero-order valence-corrected chi connectivity index (χ0v) is 8.72. The molecule has 0 N–H and O–H groups in total. The molecular weight excluding hydrogens is 196 g/mol. The second-order valence-electron chi connectivity index (χ2n) is 3.76. The Morgan fingerprint density at radius 3 is 2.60 bits per heavy atom. The molecule has 1 aliphatic rings. The molecule has 0 spiro atoms. The van der Waals surface area contributed by atoms with Crippen LogP contribution < -0.4 is 0 Å². The van der Waals surface area contributed by atoms with Crippen LogP contribution in [0.3, 0.4) is 0 Å². The molecule has 0 aromatic rings. The summed E-state index contributed by atoms with van der Waals surface area (Å²) in [5, 5.41) is 3.35. The molecule has 2 amide bonds.